The summed E-state index contributed by atoms with van der Waals surface area (Å²) in [5.41, 5.74) is 0.477. The molecule has 0 aliphatic heterocycles. The van der Waals surface area contributed by atoms with Crippen LogP contribution in [0.3, 0.4) is 0 Å². The van der Waals surface area contributed by atoms with Crippen molar-refractivity contribution in [3.05, 3.63) is 68.8 Å². The highest BCUT2D eigenvalue weighted by molar-refractivity contribution is 5.78. The van der Waals surface area contributed by atoms with E-state index in [1.165, 1.54) is 16.7 Å². The van der Waals surface area contributed by atoms with Gasteiger partial charge >= 0.3 is 5.69 Å². The van der Waals surface area contributed by atoms with Crippen molar-refractivity contribution in [1.29, 1.82) is 0 Å². The highest BCUT2D eigenvalue weighted by Crippen LogP contribution is 2.33. The van der Waals surface area contributed by atoms with Crippen molar-refractivity contribution in [2.45, 2.75) is 20.3 Å². The second kappa shape index (κ2) is 6.72. The lowest BCUT2D eigenvalue weighted by molar-refractivity contribution is -0.385. The molecule has 2 aromatic carbocycles. The fraction of sp³-hybridized carbons (Fsp3) is 0.222. The number of aromatic nitrogens is 2. The van der Waals surface area contributed by atoms with E-state index in [0.29, 0.717) is 28.8 Å². The van der Waals surface area contributed by atoms with Gasteiger partial charge in [0.2, 0.25) is 5.75 Å². The molecule has 7 heteroatoms. The van der Waals surface area contributed by atoms with Crippen LogP contribution in [0.25, 0.3) is 16.6 Å². The van der Waals surface area contributed by atoms with Crippen molar-refractivity contribution >= 4 is 16.6 Å². The van der Waals surface area contributed by atoms with Crippen LogP contribution < -0.4 is 10.3 Å². The minimum absolute atomic E-state index is 0.0730. The fourth-order valence-electron chi connectivity index (χ4n) is 2.79. The Hall–Kier alpha value is -3.22. The Balaban J connectivity index is 2.40. The molecule has 0 radical (unpaired) electrons. The topological polar surface area (TPSA) is 87.3 Å². The number of nitro groups is 1. The average Bonchev–Trinajstić information content (AvgIpc) is 2.62. The number of fused-ring (bicyclic) bond motifs is 1. The molecular weight excluding hydrogens is 322 g/mol. The van der Waals surface area contributed by atoms with E-state index in [1.807, 2.05) is 13.0 Å². The molecule has 0 bridgehead atoms. The van der Waals surface area contributed by atoms with Crippen LogP contribution in [0.1, 0.15) is 19.7 Å². The van der Waals surface area contributed by atoms with Gasteiger partial charge < -0.3 is 4.74 Å². The number of nitrogens with zero attached hydrogens (tertiary/aromatic N) is 3. The van der Waals surface area contributed by atoms with Gasteiger partial charge in [-0.25, -0.2) is 4.98 Å². The number of ether oxygens (including phenoxy) is 1. The molecule has 25 heavy (non-hydrogen) atoms. The van der Waals surface area contributed by atoms with Crippen molar-refractivity contribution in [1.82, 2.24) is 9.55 Å². The zero-order valence-electron chi connectivity index (χ0n) is 13.9. The molecule has 0 amide bonds. The summed E-state index contributed by atoms with van der Waals surface area (Å²) in [5, 5.41) is 11.8. The van der Waals surface area contributed by atoms with E-state index >= 15 is 0 Å². The normalized spacial score (nSPS) is 10.8. The quantitative estimate of drug-likeness (QED) is 0.526. The lowest BCUT2D eigenvalue weighted by Crippen LogP contribution is -2.24. The first-order valence-corrected chi connectivity index (χ1v) is 7.99. The number of benzene rings is 2. The predicted octanol–water partition coefficient (Wildman–Crippen LogP) is 3.26. The van der Waals surface area contributed by atoms with Crippen molar-refractivity contribution in [2.24, 2.45) is 0 Å². The third kappa shape index (κ3) is 2.84. The van der Waals surface area contributed by atoms with Gasteiger partial charge in [-0.1, -0.05) is 25.1 Å². The van der Waals surface area contributed by atoms with E-state index in [1.54, 1.807) is 31.2 Å². The second-order valence-electron chi connectivity index (χ2n) is 5.35. The van der Waals surface area contributed by atoms with Crippen LogP contribution in [0.15, 0.2) is 47.3 Å². The second-order valence-corrected chi connectivity index (χ2v) is 5.35. The minimum atomic E-state index is -0.514. The van der Waals surface area contributed by atoms with Gasteiger partial charge in [-0.05, 0) is 25.1 Å². The van der Waals surface area contributed by atoms with Gasteiger partial charge in [0.15, 0.2) is 0 Å². The van der Waals surface area contributed by atoms with Crippen LogP contribution in [-0.4, -0.2) is 21.1 Å². The summed E-state index contributed by atoms with van der Waals surface area (Å²) in [6.07, 6.45) is 0.494. The Morgan fingerprint density at radius 1 is 1.16 bits per heavy atom. The Morgan fingerprint density at radius 3 is 2.60 bits per heavy atom. The highest BCUT2D eigenvalue weighted by Gasteiger charge is 2.23. The molecule has 1 aromatic heterocycles. The van der Waals surface area contributed by atoms with Crippen LogP contribution in [0.2, 0.25) is 0 Å². The van der Waals surface area contributed by atoms with Crippen molar-refractivity contribution in [3.63, 3.8) is 0 Å². The van der Waals surface area contributed by atoms with Crippen LogP contribution in [0, 0.1) is 10.1 Å². The molecule has 1 heterocycles. The summed E-state index contributed by atoms with van der Waals surface area (Å²) in [7, 11) is 0. The number of hydrogen-bond acceptors (Lipinski definition) is 5. The molecule has 0 aliphatic rings. The van der Waals surface area contributed by atoms with Crippen LogP contribution in [0.5, 0.6) is 5.75 Å². The van der Waals surface area contributed by atoms with E-state index in [0.717, 1.165) is 0 Å². The van der Waals surface area contributed by atoms with Crippen LogP contribution in [0.4, 0.5) is 5.69 Å². The maximum atomic E-state index is 13.0. The van der Waals surface area contributed by atoms with Crippen molar-refractivity contribution < 1.29 is 9.66 Å². The van der Waals surface area contributed by atoms with Gasteiger partial charge in [-0.15, -0.1) is 0 Å². The number of nitro benzene ring substituents is 1. The van der Waals surface area contributed by atoms with Gasteiger partial charge in [-0.3, -0.25) is 19.5 Å². The Kier molecular flexibility index (Phi) is 4.47. The maximum Gasteiger partial charge on any atom is 0.313 e. The number of hydrogen-bond donors (Lipinski definition) is 0. The van der Waals surface area contributed by atoms with Gasteiger partial charge in [0.25, 0.3) is 5.56 Å². The first-order valence-electron chi connectivity index (χ1n) is 7.99. The highest BCUT2D eigenvalue weighted by atomic mass is 16.6. The minimum Gasteiger partial charge on any atom is -0.486 e. The molecule has 0 saturated carbocycles. The summed E-state index contributed by atoms with van der Waals surface area (Å²) >= 11 is 0. The molecule has 0 fully saturated rings. The number of rotatable bonds is 5. The summed E-state index contributed by atoms with van der Waals surface area (Å²) < 4.78 is 6.92. The lowest BCUT2D eigenvalue weighted by atomic mass is 10.2. The molecule has 0 aliphatic carbocycles. The molecule has 3 aromatic rings. The largest absolute Gasteiger partial charge is 0.486 e. The zero-order chi connectivity index (χ0) is 18.0. The van der Waals surface area contributed by atoms with E-state index < -0.39 is 4.92 Å². The van der Waals surface area contributed by atoms with Crippen molar-refractivity contribution in [3.8, 4) is 11.4 Å². The van der Waals surface area contributed by atoms with Gasteiger partial charge in [0.1, 0.15) is 5.82 Å². The van der Waals surface area contributed by atoms with E-state index in [9.17, 15) is 14.9 Å². The molecule has 7 nitrogen and oxygen atoms in total. The molecule has 0 spiro atoms. The molecular formula is C18H17N3O4. The first-order chi connectivity index (χ1) is 12.1. The summed E-state index contributed by atoms with van der Waals surface area (Å²) in [6.45, 7) is 3.86. The number of aryl methyl sites for hydroxylation is 1. The van der Waals surface area contributed by atoms with Gasteiger partial charge in [-0.2, -0.15) is 0 Å². The van der Waals surface area contributed by atoms with Crippen LogP contribution >= 0.6 is 0 Å². The molecule has 0 atom stereocenters. The van der Waals surface area contributed by atoms with Gasteiger partial charge in [0, 0.05) is 12.5 Å². The molecule has 0 saturated heterocycles. The predicted molar refractivity (Wildman–Crippen MR) is 94.5 cm³/mol. The first kappa shape index (κ1) is 16.6. The Morgan fingerprint density at radius 2 is 1.92 bits per heavy atom. The van der Waals surface area contributed by atoms with E-state index in [2.05, 4.69) is 4.98 Å². The molecule has 128 valence electrons. The smallest absolute Gasteiger partial charge is 0.313 e. The summed E-state index contributed by atoms with van der Waals surface area (Å²) in [5.74, 6) is 0.592. The summed E-state index contributed by atoms with van der Waals surface area (Å²) in [4.78, 5) is 28.4. The molecule has 0 unspecified atom stereocenters. The zero-order valence-corrected chi connectivity index (χ0v) is 13.9. The standard InChI is InChI=1S/C18H17N3O4/c1-3-16-19-13-9-6-5-8-12(13)18(22)20(16)14-10-7-11-15(21(23)24)17(14)25-4-2/h5-11H,3-4H2,1-2H3. The third-order valence-electron chi connectivity index (χ3n) is 3.86. The number of para-hydroxylation sites is 2. The van der Waals surface area contributed by atoms with Crippen molar-refractivity contribution in [2.75, 3.05) is 6.61 Å². The summed E-state index contributed by atoms with van der Waals surface area (Å²) in [6, 6.07) is 11.6. The van der Waals surface area contributed by atoms with E-state index in [4.69, 9.17) is 4.74 Å². The van der Waals surface area contributed by atoms with Gasteiger partial charge in [0.05, 0.1) is 28.1 Å². The SMILES string of the molecule is CCOc1c(-n2c(CC)nc3ccccc3c2=O)cccc1[N+](=O)[O-]. The maximum absolute atomic E-state index is 13.0. The van der Waals surface area contributed by atoms with Crippen LogP contribution in [-0.2, 0) is 6.42 Å². The Labute approximate surface area is 143 Å². The average molecular weight is 339 g/mol. The monoisotopic (exact) mass is 339 g/mol. The Bertz CT molecular complexity index is 1010. The lowest BCUT2D eigenvalue weighted by Gasteiger charge is -2.16. The van der Waals surface area contributed by atoms with E-state index in [-0.39, 0.29) is 23.6 Å². The molecule has 3 rings (SSSR count). The third-order valence-corrected chi connectivity index (χ3v) is 3.86. The fourth-order valence-corrected chi connectivity index (χ4v) is 2.79. The molecule has 0 N–H and O–H groups in total.